The maximum Gasteiger partial charge on any atom is 0.408 e. The van der Waals surface area contributed by atoms with Crippen molar-refractivity contribution in [3.05, 3.63) is 60.9 Å². The van der Waals surface area contributed by atoms with Crippen molar-refractivity contribution >= 4 is 76.3 Å². The molecule has 0 radical (unpaired) electrons. The lowest BCUT2D eigenvalue weighted by Gasteiger charge is -2.36. The first kappa shape index (κ1) is 39.4. The van der Waals surface area contributed by atoms with Crippen LogP contribution in [0.3, 0.4) is 0 Å². The van der Waals surface area contributed by atoms with Crippen LogP contribution in [0, 0.1) is 17.2 Å². The Hall–Kier alpha value is -4.83. The van der Waals surface area contributed by atoms with E-state index in [1.807, 2.05) is 24.3 Å². The predicted molar refractivity (Wildman–Crippen MR) is 211 cm³/mol. The van der Waals surface area contributed by atoms with Crippen molar-refractivity contribution in [2.75, 3.05) is 6.54 Å². The van der Waals surface area contributed by atoms with Crippen LogP contribution in [0.15, 0.2) is 55.1 Å². The normalized spacial score (nSPS) is 23.1. The largest absolute Gasteiger partial charge is 0.472 e. The Kier molecular flexibility index (Phi) is 9.83. The van der Waals surface area contributed by atoms with Crippen molar-refractivity contribution in [2.45, 2.75) is 102 Å². The fraction of sp³-hybridized carbons (Fsp3) is 0.475. The molecule has 4 aromatic rings. The molecule has 16 heteroatoms. The standard InChI is InChI=1S/C40H46FN5O8S2/c1-8-21-19-40(21,36(49)45-56(51,52)24-14-15-24)44-33(47)28-18-23(20-46(28)35(48)32(38(2,3)4)43-37(50)54-39(5,6)7)53-34-26-12-10-9-11-25(26)31-30(42-34)27-16-13-22(41)17-29(27)55-31/h8-13,16-17,21,23-24,28,32H,1,14-15,18-20H2,2-7H3,(H,43,50)(H,44,47)(H,45,49)/t21-,23-,28+,32-,40-/m1/s1. The van der Waals surface area contributed by atoms with Crippen molar-refractivity contribution in [1.82, 2.24) is 25.2 Å². The van der Waals surface area contributed by atoms with Crippen LogP contribution in [0.5, 0.6) is 5.88 Å². The molecular formula is C40H46FN5O8S2. The maximum absolute atomic E-state index is 14.6. The summed E-state index contributed by atoms with van der Waals surface area (Å²) in [5, 5.41) is 7.10. The van der Waals surface area contributed by atoms with Crippen LogP contribution in [0.2, 0.25) is 0 Å². The van der Waals surface area contributed by atoms with E-state index in [9.17, 15) is 32.0 Å². The molecule has 7 rings (SSSR count). The Morgan fingerprint density at radius 3 is 2.38 bits per heavy atom. The number of benzene rings is 2. The summed E-state index contributed by atoms with van der Waals surface area (Å²) in [5.41, 5.74) is -2.67. The summed E-state index contributed by atoms with van der Waals surface area (Å²) >= 11 is 1.42. The van der Waals surface area contributed by atoms with Crippen molar-refractivity contribution in [3.8, 4) is 5.88 Å². The van der Waals surface area contributed by atoms with Gasteiger partial charge in [-0.3, -0.25) is 19.1 Å². The van der Waals surface area contributed by atoms with Gasteiger partial charge in [0.25, 0.3) is 5.91 Å². The van der Waals surface area contributed by atoms with Crippen molar-refractivity contribution in [2.24, 2.45) is 11.3 Å². The smallest absolute Gasteiger partial charge is 0.408 e. The number of alkyl carbamates (subject to hydrolysis) is 1. The third-order valence-corrected chi connectivity index (χ3v) is 13.4. The molecule has 3 heterocycles. The SMILES string of the molecule is C=C[C@@H]1C[C@]1(NC(=O)[C@@H]1C[C@@H](Oc2nc3c4ccc(F)cc4sc3c3ccccc23)CN1C(=O)[C@@H](NC(=O)OC(C)(C)C)C(C)(C)C)C(=O)NS(=O)(=O)C1CC1. The van der Waals surface area contributed by atoms with Gasteiger partial charge in [0.1, 0.15) is 35.1 Å². The highest BCUT2D eigenvalue weighted by molar-refractivity contribution is 7.91. The van der Waals surface area contributed by atoms with E-state index >= 15 is 0 Å². The fourth-order valence-electron chi connectivity index (χ4n) is 7.26. The van der Waals surface area contributed by atoms with E-state index in [0.717, 1.165) is 20.2 Å². The number of hydrogen-bond donors (Lipinski definition) is 3. The number of sulfonamides is 1. The summed E-state index contributed by atoms with van der Waals surface area (Å²) in [6.07, 6.45) is 0.862. The van der Waals surface area contributed by atoms with Crippen LogP contribution < -0.4 is 20.1 Å². The zero-order valence-electron chi connectivity index (χ0n) is 32.1. The average Bonchev–Trinajstić information content (AvgIpc) is 4.01. The lowest BCUT2D eigenvalue weighted by Crippen LogP contribution is -2.60. The Bertz CT molecular complexity index is 2400. The van der Waals surface area contributed by atoms with E-state index in [1.54, 1.807) is 47.6 Å². The van der Waals surface area contributed by atoms with Crippen molar-refractivity contribution in [3.63, 3.8) is 0 Å². The number of nitrogens with zero attached hydrogens (tertiary/aromatic N) is 2. The summed E-state index contributed by atoms with van der Waals surface area (Å²) < 4.78 is 55.5. The molecule has 1 saturated heterocycles. The van der Waals surface area contributed by atoms with Crippen molar-refractivity contribution in [1.29, 1.82) is 0 Å². The van der Waals surface area contributed by atoms with Gasteiger partial charge in [-0.25, -0.2) is 22.6 Å². The van der Waals surface area contributed by atoms with Crippen LogP contribution in [-0.2, 0) is 29.1 Å². The van der Waals surface area contributed by atoms with Gasteiger partial charge in [0.05, 0.1) is 22.0 Å². The molecule has 298 valence electrons. The second-order valence-electron chi connectivity index (χ2n) is 17.0. The molecule has 0 spiro atoms. The third kappa shape index (κ3) is 7.64. The summed E-state index contributed by atoms with van der Waals surface area (Å²) in [5.74, 6) is -2.81. The minimum absolute atomic E-state index is 0.0264. The van der Waals surface area contributed by atoms with Gasteiger partial charge in [0, 0.05) is 33.2 Å². The number of fused-ring (bicyclic) bond motifs is 5. The second kappa shape index (κ2) is 14.0. The minimum Gasteiger partial charge on any atom is -0.472 e. The summed E-state index contributed by atoms with van der Waals surface area (Å²) in [6.45, 7) is 14.1. The number of carbonyl (C=O) groups excluding carboxylic acids is 4. The Labute approximate surface area is 328 Å². The molecule has 5 atom stereocenters. The molecule has 2 aliphatic carbocycles. The molecule has 2 aromatic heterocycles. The molecule has 1 aliphatic heterocycles. The highest BCUT2D eigenvalue weighted by Gasteiger charge is 2.62. The van der Waals surface area contributed by atoms with E-state index in [2.05, 4.69) is 21.9 Å². The van der Waals surface area contributed by atoms with E-state index in [4.69, 9.17) is 14.5 Å². The molecule has 3 N–H and O–H groups in total. The molecular weight excluding hydrogens is 762 g/mol. The van der Waals surface area contributed by atoms with Gasteiger partial charge in [-0.2, -0.15) is 0 Å². The van der Waals surface area contributed by atoms with Gasteiger partial charge >= 0.3 is 6.09 Å². The Morgan fingerprint density at radius 1 is 1.05 bits per heavy atom. The Morgan fingerprint density at radius 2 is 1.75 bits per heavy atom. The van der Waals surface area contributed by atoms with Gasteiger partial charge < -0.3 is 25.0 Å². The Balaban J connectivity index is 1.23. The number of halogens is 1. The van der Waals surface area contributed by atoms with E-state index in [-0.39, 0.29) is 31.1 Å². The number of rotatable bonds is 10. The molecule has 3 aliphatic rings. The first-order valence-electron chi connectivity index (χ1n) is 18.6. The monoisotopic (exact) mass is 807 g/mol. The van der Waals surface area contributed by atoms with Gasteiger partial charge in [0.2, 0.25) is 27.7 Å². The van der Waals surface area contributed by atoms with E-state index in [0.29, 0.717) is 23.7 Å². The van der Waals surface area contributed by atoms with Crippen LogP contribution in [0.25, 0.3) is 31.1 Å². The molecule has 2 aromatic carbocycles. The maximum atomic E-state index is 14.6. The molecule has 0 unspecified atom stereocenters. The highest BCUT2D eigenvalue weighted by atomic mass is 32.2. The number of ether oxygens (including phenoxy) is 2. The topological polar surface area (TPSA) is 173 Å². The zero-order valence-corrected chi connectivity index (χ0v) is 33.7. The average molecular weight is 808 g/mol. The number of amides is 4. The van der Waals surface area contributed by atoms with E-state index < -0.39 is 79.7 Å². The van der Waals surface area contributed by atoms with Crippen LogP contribution in [-0.4, -0.2) is 83.2 Å². The number of nitrogens with one attached hydrogen (secondary N) is 3. The number of thiophene rings is 1. The van der Waals surface area contributed by atoms with Gasteiger partial charge in [-0.15, -0.1) is 17.9 Å². The minimum atomic E-state index is -3.93. The third-order valence-electron chi connectivity index (χ3n) is 10.4. The fourth-order valence-corrected chi connectivity index (χ4v) is 9.83. The molecule has 56 heavy (non-hydrogen) atoms. The molecule has 3 fully saturated rings. The first-order chi connectivity index (χ1) is 26.2. The number of hydrogen-bond acceptors (Lipinski definition) is 10. The van der Waals surface area contributed by atoms with Gasteiger partial charge in [-0.1, -0.05) is 45.0 Å². The van der Waals surface area contributed by atoms with E-state index in [1.165, 1.54) is 34.4 Å². The molecule has 13 nitrogen and oxygen atoms in total. The quantitative estimate of drug-likeness (QED) is 0.170. The zero-order chi connectivity index (χ0) is 40.5. The number of pyridine rings is 1. The summed E-state index contributed by atoms with van der Waals surface area (Å²) in [6, 6.07) is 9.65. The molecule has 2 saturated carbocycles. The van der Waals surface area contributed by atoms with Crippen LogP contribution >= 0.6 is 11.3 Å². The van der Waals surface area contributed by atoms with Gasteiger partial charge in [0.15, 0.2) is 0 Å². The first-order valence-corrected chi connectivity index (χ1v) is 20.9. The van der Waals surface area contributed by atoms with Crippen LogP contribution in [0.1, 0.15) is 67.2 Å². The van der Waals surface area contributed by atoms with Gasteiger partial charge in [-0.05, 0) is 69.7 Å². The predicted octanol–water partition coefficient (Wildman–Crippen LogP) is 5.70. The van der Waals surface area contributed by atoms with Crippen molar-refractivity contribution < 1.29 is 41.5 Å². The lowest BCUT2D eigenvalue weighted by molar-refractivity contribution is -0.143. The summed E-state index contributed by atoms with van der Waals surface area (Å²) in [7, 11) is -3.93. The summed E-state index contributed by atoms with van der Waals surface area (Å²) in [4.78, 5) is 61.9. The second-order valence-corrected chi connectivity index (χ2v) is 20.0. The number of carbonyl (C=O) groups is 4. The van der Waals surface area contributed by atoms with Crippen LogP contribution in [0.4, 0.5) is 9.18 Å². The number of aromatic nitrogens is 1. The number of likely N-dealkylation sites (tertiary alicyclic amines) is 1. The lowest BCUT2D eigenvalue weighted by atomic mass is 9.85. The molecule has 4 amide bonds. The highest BCUT2D eigenvalue weighted by Crippen LogP contribution is 2.46. The molecule has 0 bridgehead atoms.